The lowest BCUT2D eigenvalue weighted by Crippen LogP contribution is -2.61. The van der Waals surface area contributed by atoms with E-state index in [0.717, 1.165) is 17.7 Å². The topological polar surface area (TPSA) is 50.7 Å². The van der Waals surface area contributed by atoms with Crippen LogP contribution in [0.15, 0.2) is 18.2 Å². The van der Waals surface area contributed by atoms with E-state index >= 15 is 0 Å². The van der Waals surface area contributed by atoms with Crippen molar-refractivity contribution in [2.75, 3.05) is 13.7 Å². The predicted octanol–water partition coefficient (Wildman–Crippen LogP) is 2.23. The molecule has 1 heterocycles. The van der Waals surface area contributed by atoms with Gasteiger partial charge in [0.25, 0.3) is 0 Å². The quantitative estimate of drug-likeness (QED) is 0.878. The smallest absolute Gasteiger partial charge is 0.127 e. The molecule has 1 fully saturated rings. The average Bonchev–Trinajstić information content (AvgIpc) is 2.76. The van der Waals surface area contributed by atoms with Crippen molar-refractivity contribution in [3.63, 3.8) is 0 Å². The summed E-state index contributed by atoms with van der Waals surface area (Å²) >= 11 is 0. The van der Waals surface area contributed by atoms with Gasteiger partial charge in [0.05, 0.1) is 12.1 Å². The molecule has 3 unspecified atom stereocenters. The summed E-state index contributed by atoms with van der Waals surface area (Å²) in [5, 5.41) is 13.1. The van der Waals surface area contributed by atoms with Crippen LogP contribution in [0.2, 0.25) is 0 Å². The lowest BCUT2D eigenvalue weighted by molar-refractivity contribution is -0.101. The maximum absolute atomic E-state index is 9.45. The highest BCUT2D eigenvalue weighted by Gasteiger charge is 2.49. The minimum Gasteiger partial charge on any atom is -0.508 e. The molecule has 0 radical (unpaired) electrons. The number of phenols is 1. The van der Waals surface area contributed by atoms with Crippen molar-refractivity contribution in [1.82, 2.24) is 5.32 Å². The summed E-state index contributed by atoms with van der Waals surface area (Å²) < 4.78 is 11.1. The molecule has 1 aliphatic carbocycles. The monoisotopic (exact) mass is 263 g/mol. The minimum atomic E-state index is 0.147. The summed E-state index contributed by atoms with van der Waals surface area (Å²) in [6.07, 6.45) is 1.36. The van der Waals surface area contributed by atoms with Crippen LogP contribution in [0.3, 0.4) is 0 Å². The SMILES string of the molecule is COC1CC(NC2COc3cc(O)ccc32)C1(C)C. The standard InChI is InChI=1S/C15H21NO3/c1-15(2)13(7-14(15)18-3)16-11-8-19-12-6-9(17)4-5-10(11)12/h4-6,11,13-14,16-17H,7-8H2,1-3H3. The highest BCUT2D eigenvalue weighted by molar-refractivity contribution is 5.44. The molecule has 1 aromatic rings. The molecule has 104 valence electrons. The maximum atomic E-state index is 9.45. The van der Waals surface area contributed by atoms with Gasteiger partial charge in [-0.2, -0.15) is 0 Å². The second-order valence-corrected chi connectivity index (χ2v) is 6.09. The van der Waals surface area contributed by atoms with E-state index in [9.17, 15) is 5.11 Å². The molecule has 4 nitrogen and oxygen atoms in total. The van der Waals surface area contributed by atoms with E-state index in [1.54, 1.807) is 19.2 Å². The second kappa shape index (κ2) is 4.39. The molecule has 0 amide bonds. The van der Waals surface area contributed by atoms with Gasteiger partial charge in [-0.05, 0) is 18.6 Å². The van der Waals surface area contributed by atoms with Crippen molar-refractivity contribution >= 4 is 0 Å². The third-order valence-electron chi connectivity index (χ3n) is 4.64. The van der Waals surface area contributed by atoms with Crippen LogP contribution in [-0.4, -0.2) is 31.0 Å². The van der Waals surface area contributed by atoms with Crippen molar-refractivity contribution in [3.8, 4) is 11.5 Å². The number of methoxy groups -OCH3 is 1. The fraction of sp³-hybridized carbons (Fsp3) is 0.600. The Morgan fingerprint density at radius 3 is 2.89 bits per heavy atom. The van der Waals surface area contributed by atoms with Crippen LogP contribution >= 0.6 is 0 Å². The van der Waals surface area contributed by atoms with E-state index in [4.69, 9.17) is 9.47 Å². The Balaban J connectivity index is 1.71. The van der Waals surface area contributed by atoms with E-state index in [1.165, 1.54) is 0 Å². The van der Waals surface area contributed by atoms with E-state index in [2.05, 4.69) is 19.2 Å². The molecule has 1 aromatic carbocycles. The molecule has 3 atom stereocenters. The number of benzene rings is 1. The Hall–Kier alpha value is -1.26. The second-order valence-electron chi connectivity index (χ2n) is 6.09. The highest BCUT2D eigenvalue weighted by Crippen LogP contribution is 2.44. The van der Waals surface area contributed by atoms with Gasteiger partial charge in [-0.25, -0.2) is 0 Å². The van der Waals surface area contributed by atoms with Gasteiger partial charge in [0.15, 0.2) is 0 Å². The van der Waals surface area contributed by atoms with Crippen LogP contribution in [-0.2, 0) is 4.74 Å². The number of aromatic hydroxyl groups is 1. The van der Waals surface area contributed by atoms with Gasteiger partial charge in [-0.3, -0.25) is 0 Å². The van der Waals surface area contributed by atoms with E-state index in [0.29, 0.717) is 18.8 Å². The molecule has 2 aliphatic rings. The Kier molecular flexibility index (Phi) is 2.95. The van der Waals surface area contributed by atoms with Gasteiger partial charge in [-0.1, -0.05) is 13.8 Å². The first-order valence-electron chi connectivity index (χ1n) is 6.77. The molecular weight excluding hydrogens is 242 g/mol. The van der Waals surface area contributed by atoms with Crippen LogP contribution < -0.4 is 10.1 Å². The van der Waals surface area contributed by atoms with E-state index in [1.807, 2.05) is 6.07 Å². The molecule has 0 spiro atoms. The Morgan fingerprint density at radius 1 is 1.42 bits per heavy atom. The third-order valence-corrected chi connectivity index (χ3v) is 4.64. The van der Waals surface area contributed by atoms with Gasteiger partial charge in [0.1, 0.15) is 18.1 Å². The molecule has 0 saturated heterocycles. The van der Waals surface area contributed by atoms with Gasteiger partial charge in [0, 0.05) is 30.2 Å². The molecule has 4 heteroatoms. The van der Waals surface area contributed by atoms with Crippen LogP contribution in [0.25, 0.3) is 0 Å². The summed E-state index contributed by atoms with van der Waals surface area (Å²) in [7, 11) is 1.78. The Bertz CT molecular complexity index is 486. The maximum Gasteiger partial charge on any atom is 0.127 e. The highest BCUT2D eigenvalue weighted by atomic mass is 16.5. The number of fused-ring (bicyclic) bond motifs is 1. The molecule has 1 aliphatic heterocycles. The van der Waals surface area contributed by atoms with Crippen molar-refractivity contribution in [3.05, 3.63) is 23.8 Å². The van der Waals surface area contributed by atoms with E-state index in [-0.39, 0.29) is 17.2 Å². The molecule has 0 bridgehead atoms. The lowest BCUT2D eigenvalue weighted by Gasteiger charge is -2.52. The predicted molar refractivity (Wildman–Crippen MR) is 72.5 cm³/mol. The zero-order chi connectivity index (χ0) is 13.6. The summed E-state index contributed by atoms with van der Waals surface area (Å²) in [5.41, 5.74) is 1.28. The average molecular weight is 263 g/mol. The number of rotatable bonds is 3. The normalized spacial score (nSPS) is 31.4. The summed E-state index contributed by atoms with van der Waals surface area (Å²) in [6, 6.07) is 5.98. The van der Waals surface area contributed by atoms with Gasteiger partial charge >= 0.3 is 0 Å². The van der Waals surface area contributed by atoms with Gasteiger partial charge in [-0.15, -0.1) is 0 Å². The van der Waals surface area contributed by atoms with E-state index < -0.39 is 0 Å². The molecular formula is C15H21NO3. The summed E-state index contributed by atoms with van der Waals surface area (Å²) in [4.78, 5) is 0. The number of hydrogen-bond donors (Lipinski definition) is 2. The number of ether oxygens (including phenoxy) is 2. The first-order valence-corrected chi connectivity index (χ1v) is 6.77. The third kappa shape index (κ3) is 1.99. The van der Waals surface area contributed by atoms with Crippen molar-refractivity contribution in [2.45, 2.75) is 38.5 Å². The first kappa shape index (κ1) is 12.8. The first-order chi connectivity index (χ1) is 9.02. The van der Waals surface area contributed by atoms with Crippen molar-refractivity contribution in [1.29, 1.82) is 0 Å². The Morgan fingerprint density at radius 2 is 2.21 bits per heavy atom. The zero-order valence-electron chi connectivity index (χ0n) is 11.6. The zero-order valence-corrected chi connectivity index (χ0v) is 11.6. The molecule has 1 saturated carbocycles. The van der Waals surface area contributed by atoms with Crippen LogP contribution in [0.1, 0.15) is 31.9 Å². The number of hydrogen-bond acceptors (Lipinski definition) is 4. The van der Waals surface area contributed by atoms with Crippen LogP contribution in [0.4, 0.5) is 0 Å². The fourth-order valence-electron chi connectivity index (χ4n) is 3.15. The summed E-state index contributed by atoms with van der Waals surface area (Å²) in [5.74, 6) is 1.04. The molecule has 3 rings (SSSR count). The lowest BCUT2D eigenvalue weighted by atomic mass is 9.64. The van der Waals surface area contributed by atoms with Crippen LogP contribution in [0.5, 0.6) is 11.5 Å². The molecule has 19 heavy (non-hydrogen) atoms. The van der Waals surface area contributed by atoms with Crippen LogP contribution in [0, 0.1) is 5.41 Å². The largest absolute Gasteiger partial charge is 0.508 e. The Labute approximate surface area is 113 Å². The fourth-order valence-corrected chi connectivity index (χ4v) is 3.15. The minimum absolute atomic E-state index is 0.147. The van der Waals surface area contributed by atoms with Gasteiger partial charge < -0.3 is 19.9 Å². The summed E-state index contributed by atoms with van der Waals surface area (Å²) in [6.45, 7) is 5.09. The molecule has 0 aromatic heterocycles. The molecule has 2 N–H and O–H groups in total. The van der Waals surface area contributed by atoms with Crippen molar-refractivity contribution in [2.24, 2.45) is 5.41 Å². The van der Waals surface area contributed by atoms with Gasteiger partial charge in [0.2, 0.25) is 0 Å². The van der Waals surface area contributed by atoms with Crippen molar-refractivity contribution < 1.29 is 14.6 Å². The number of phenolic OH excluding ortho intramolecular Hbond substituents is 1. The number of nitrogens with one attached hydrogen (secondary N) is 1.